The Morgan fingerprint density at radius 2 is 2.38 bits per heavy atom. The lowest BCUT2D eigenvalue weighted by atomic mass is 10.2. The van der Waals surface area contributed by atoms with E-state index in [2.05, 4.69) is 27.1 Å². The molecule has 0 unspecified atom stereocenters. The fraction of sp³-hybridized carbons (Fsp3) is 0.471. The van der Waals surface area contributed by atoms with Gasteiger partial charge in [0.05, 0.1) is 30.5 Å². The quantitative estimate of drug-likeness (QED) is 0.836. The van der Waals surface area contributed by atoms with Crippen molar-refractivity contribution in [1.29, 1.82) is 0 Å². The molecule has 0 radical (unpaired) electrons. The van der Waals surface area contributed by atoms with E-state index in [4.69, 9.17) is 0 Å². The highest BCUT2D eigenvalue weighted by Crippen LogP contribution is 2.23. The third-order valence-electron chi connectivity index (χ3n) is 4.25. The van der Waals surface area contributed by atoms with Crippen LogP contribution in [-0.4, -0.2) is 40.2 Å². The van der Waals surface area contributed by atoms with Crippen LogP contribution < -0.4 is 10.2 Å². The molecule has 3 rings (SSSR count). The second-order valence-electron chi connectivity index (χ2n) is 5.85. The lowest BCUT2D eigenvalue weighted by molar-refractivity contribution is 0.0950. The molecule has 0 saturated carbocycles. The van der Waals surface area contributed by atoms with Crippen molar-refractivity contribution in [2.75, 3.05) is 18.1 Å². The number of pyridine rings is 1. The number of aromatic nitrogens is 2. The van der Waals surface area contributed by atoms with E-state index in [0.29, 0.717) is 12.1 Å². The van der Waals surface area contributed by atoms with Gasteiger partial charge in [-0.25, -0.2) is 9.97 Å². The average molecular weight is 346 g/mol. The van der Waals surface area contributed by atoms with Gasteiger partial charge >= 0.3 is 0 Å². The minimum absolute atomic E-state index is 0.134. The van der Waals surface area contributed by atoms with Gasteiger partial charge in [-0.1, -0.05) is 6.92 Å². The summed E-state index contributed by atoms with van der Waals surface area (Å²) in [7, 11) is 0. The van der Waals surface area contributed by atoms with Crippen molar-refractivity contribution in [2.45, 2.75) is 38.8 Å². The first-order valence-electron chi connectivity index (χ1n) is 8.26. The molecule has 1 aliphatic rings. The molecule has 2 aromatic heterocycles. The summed E-state index contributed by atoms with van der Waals surface area (Å²) in [6.45, 7) is 3.53. The van der Waals surface area contributed by atoms with E-state index >= 15 is 0 Å². The Morgan fingerprint density at radius 1 is 1.50 bits per heavy atom. The molecule has 1 aliphatic heterocycles. The molecule has 1 atom stereocenters. The highest BCUT2D eigenvalue weighted by Gasteiger charge is 2.24. The van der Waals surface area contributed by atoms with Gasteiger partial charge in [0.25, 0.3) is 5.91 Å². The predicted octanol–water partition coefficient (Wildman–Crippen LogP) is 1.99. The Labute approximate surface area is 145 Å². The molecule has 24 heavy (non-hydrogen) atoms. The van der Waals surface area contributed by atoms with Crippen molar-refractivity contribution in [1.82, 2.24) is 15.3 Å². The molecule has 0 aliphatic carbocycles. The van der Waals surface area contributed by atoms with E-state index in [1.165, 1.54) is 0 Å². The molecule has 0 bridgehead atoms. The van der Waals surface area contributed by atoms with Crippen molar-refractivity contribution in [3.63, 3.8) is 0 Å². The molecule has 3 heterocycles. The normalized spacial score (nSPS) is 17.2. The van der Waals surface area contributed by atoms with Crippen molar-refractivity contribution in [3.8, 4) is 0 Å². The predicted molar refractivity (Wildman–Crippen MR) is 94.4 cm³/mol. The van der Waals surface area contributed by atoms with Gasteiger partial charge in [-0.3, -0.25) is 4.79 Å². The molecule has 1 fully saturated rings. The summed E-state index contributed by atoms with van der Waals surface area (Å²) in [6.07, 6.45) is 4.54. The number of carbonyl (C=O) groups is 1. The molecule has 128 valence electrons. The molecule has 2 aromatic rings. The minimum atomic E-state index is -0.151. The van der Waals surface area contributed by atoms with E-state index in [0.717, 1.165) is 42.3 Å². The van der Waals surface area contributed by atoms with Gasteiger partial charge in [0.1, 0.15) is 10.8 Å². The van der Waals surface area contributed by atoms with Gasteiger partial charge in [0.15, 0.2) is 0 Å². The van der Waals surface area contributed by atoms with Crippen molar-refractivity contribution in [2.24, 2.45) is 0 Å². The van der Waals surface area contributed by atoms with E-state index in [1.807, 2.05) is 11.4 Å². The van der Waals surface area contributed by atoms with Gasteiger partial charge in [-0.2, -0.15) is 0 Å². The third kappa shape index (κ3) is 3.73. The Kier molecular flexibility index (Phi) is 5.42. The topological polar surface area (TPSA) is 78.4 Å². The van der Waals surface area contributed by atoms with E-state index in [9.17, 15) is 9.90 Å². The SMILES string of the molecule is CCc1csc(CNC(=O)c2ccc(N3CCC[C@H]3CO)nc2)n1. The van der Waals surface area contributed by atoms with Crippen molar-refractivity contribution >= 4 is 23.1 Å². The van der Waals surface area contributed by atoms with E-state index in [1.54, 1.807) is 23.6 Å². The zero-order chi connectivity index (χ0) is 16.9. The number of nitrogens with zero attached hydrogens (tertiary/aromatic N) is 3. The summed E-state index contributed by atoms with van der Waals surface area (Å²) < 4.78 is 0. The molecular formula is C17H22N4O2S. The highest BCUT2D eigenvalue weighted by atomic mass is 32.1. The third-order valence-corrected chi connectivity index (χ3v) is 5.15. The number of amides is 1. The molecule has 0 spiro atoms. The monoisotopic (exact) mass is 346 g/mol. The number of nitrogens with one attached hydrogen (secondary N) is 1. The molecule has 6 nitrogen and oxygen atoms in total. The zero-order valence-corrected chi connectivity index (χ0v) is 14.6. The van der Waals surface area contributed by atoms with Crippen LogP contribution in [0, 0.1) is 0 Å². The number of hydrogen-bond donors (Lipinski definition) is 2. The summed E-state index contributed by atoms with van der Waals surface area (Å²) >= 11 is 1.56. The van der Waals surface area contributed by atoms with Crippen LogP contribution in [-0.2, 0) is 13.0 Å². The van der Waals surface area contributed by atoms with Crippen molar-refractivity contribution in [3.05, 3.63) is 40.0 Å². The van der Waals surface area contributed by atoms with Crippen LogP contribution in [0.2, 0.25) is 0 Å². The van der Waals surface area contributed by atoms with Crippen LogP contribution >= 0.6 is 11.3 Å². The minimum Gasteiger partial charge on any atom is -0.394 e. The molecular weight excluding hydrogens is 324 g/mol. The first-order chi connectivity index (χ1) is 11.7. The number of thiazole rings is 1. The molecule has 0 aromatic carbocycles. The fourth-order valence-electron chi connectivity index (χ4n) is 2.87. The second kappa shape index (κ2) is 7.72. The first kappa shape index (κ1) is 16.9. The maximum atomic E-state index is 12.2. The van der Waals surface area contributed by atoms with Gasteiger partial charge in [-0.05, 0) is 31.4 Å². The molecule has 2 N–H and O–H groups in total. The van der Waals surface area contributed by atoms with Gasteiger partial charge < -0.3 is 15.3 Å². The maximum Gasteiger partial charge on any atom is 0.253 e. The van der Waals surface area contributed by atoms with Crippen LogP contribution in [0.5, 0.6) is 0 Å². The smallest absolute Gasteiger partial charge is 0.253 e. The molecule has 1 saturated heterocycles. The summed E-state index contributed by atoms with van der Waals surface area (Å²) in [5.74, 6) is 0.665. The van der Waals surface area contributed by atoms with Crippen LogP contribution in [0.1, 0.15) is 40.8 Å². The summed E-state index contributed by atoms with van der Waals surface area (Å²) in [5.41, 5.74) is 1.59. The number of anilines is 1. The summed E-state index contributed by atoms with van der Waals surface area (Å²) in [5, 5.41) is 15.2. The number of aliphatic hydroxyl groups is 1. The summed E-state index contributed by atoms with van der Waals surface area (Å²) in [6, 6.07) is 3.76. The maximum absolute atomic E-state index is 12.2. The second-order valence-corrected chi connectivity index (χ2v) is 6.79. The Balaban J connectivity index is 1.59. The number of hydrogen-bond acceptors (Lipinski definition) is 6. The lowest BCUT2D eigenvalue weighted by Crippen LogP contribution is -2.32. The number of aliphatic hydroxyl groups excluding tert-OH is 1. The molecule has 7 heteroatoms. The van der Waals surface area contributed by atoms with Gasteiger partial charge in [-0.15, -0.1) is 11.3 Å². The zero-order valence-electron chi connectivity index (χ0n) is 13.7. The first-order valence-corrected chi connectivity index (χ1v) is 9.14. The van der Waals surface area contributed by atoms with Gasteiger partial charge in [0, 0.05) is 18.1 Å². The summed E-state index contributed by atoms with van der Waals surface area (Å²) in [4.78, 5) is 23.1. The standard InChI is InChI=1S/C17H22N4O2S/c1-2-13-11-24-16(20-13)9-19-17(23)12-5-6-15(18-8-12)21-7-3-4-14(21)10-22/h5-6,8,11,14,22H,2-4,7,9-10H2,1H3,(H,19,23)/t14-/m0/s1. The van der Waals surface area contributed by atoms with E-state index in [-0.39, 0.29) is 18.6 Å². The van der Waals surface area contributed by atoms with Crippen molar-refractivity contribution < 1.29 is 9.90 Å². The fourth-order valence-corrected chi connectivity index (χ4v) is 3.68. The average Bonchev–Trinajstić information content (AvgIpc) is 3.28. The Morgan fingerprint density at radius 3 is 3.04 bits per heavy atom. The van der Waals surface area contributed by atoms with Crippen LogP contribution in [0.25, 0.3) is 0 Å². The Hall–Kier alpha value is -1.99. The largest absolute Gasteiger partial charge is 0.394 e. The highest BCUT2D eigenvalue weighted by molar-refractivity contribution is 7.09. The number of rotatable bonds is 6. The van der Waals surface area contributed by atoms with Gasteiger partial charge in [0.2, 0.25) is 0 Å². The number of aryl methyl sites for hydroxylation is 1. The van der Waals surface area contributed by atoms with E-state index < -0.39 is 0 Å². The Bertz CT molecular complexity index is 686. The van der Waals surface area contributed by atoms with Crippen LogP contribution in [0.4, 0.5) is 5.82 Å². The van der Waals surface area contributed by atoms with Crippen LogP contribution in [0.3, 0.4) is 0 Å². The molecule has 1 amide bonds. The lowest BCUT2D eigenvalue weighted by Gasteiger charge is -2.24. The number of carbonyl (C=O) groups excluding carboxylic acids is 1. The van der Waals surface area contributed by atoms with Crippen LogP contribution in [0.15, 0.2) is 23.7 Å².